The minimum Gasteiger partial charge on any atom is -0.350 e. The number of likely N-dealkylation sites (tertiary alicyclic amines) is 1. The van der Waals surface area contributed by atoms with Gasteiger partial charge in [0.2, 0.25) is 0 Å². The smallest absolute Gasteiger partial charge is 0.318 e. The summed E-state index contributed by atoms with van der Waals surface area (Å²) in [7, 11) is 2.03. The predicted octanol–water partition coefficient (Wildman–Crippen LogP) is 3.44. The van der Waals surface area contributed by atoms with Crippen molar-refractivity contribution in [2.75, 3.05) is 6.54 Å². The summed E-state index contributed by atoms with van der Waals surface area (Å²) in [5.74, 6) is 0. The van der Waals surface area contributed by atoms with Gasteiger partial charge in [-0.1, -0.05) is 0 Å². The Morgan fingerprint density at radius 2 is 2.29 bits per heavy atom. The van der Waals surface area contributed by atoms with Crippen molar-refractivity contribution in [3.05, 3.63) is 45.9 Å². The van der Waals surface area contributed by atoms with Crippen LogP contribution < -0.4 is 5.32 Å². The molecule has 3 rings (SSSR count). The van der Waals surface area contributed by atoms with E-state index < -0.39 is 0 Å². The van der Waals surface area contributed by atoms with Gasteiger partial charge in [0.15, 0.2) is 0 Å². The zero-order valence-corrected chi connectivity index (χ0v) is 13.3. The molecule has 1 atom stereocenters. The van der Waals surface area contributed by atoms with Crippen molar-refractivity contribution in [2.24, 2.45) is 7.05 Å². The Labute approximate surface area is 129 Å². The molecule has 1 N–H and O–H groups in total. The fourth-order valence-corrected chi connectivity index (χ4v) is 3.64. The molecule has 0 saturated carbocycles. The number of carbonyl (C=O) groups is 1. The topological polar surface area (TPSA) is 37.3 Å². The third-order valence-corrected chi connectivity index (χ3v) is 5.04. The number of hydrogen-bond acceptors (Lipinski definition) is 2. The van der Waals surface area contributed by atoms with Crippen LogP contribution in [0, 0.1) is 6.92 Å². The highest BCUT2D eigenvalue weighted by Gasteiger charge is 2.30. The SMILES string of the molecule is Cc1ccc(CNC(=O)N2CCCC2c2ccsc2)n1C. The fourth-order valence-electron chi connectivity index (χ4n) is 2.93. The van der Waals surface area contributed by atoms with Gasteiger partial charge in [0.05, 0.1) is 12.6 Å². The maximum absolute atomic E-state index is 12.5. The van der Waals surface area contributed by atoms with Crippen LogP contribution in [0.2, 0.25) is 0 Å². The maximum Gasteiger partial charge on any atom is 0.318 e. The van der Waals surface area contributed by atoms with E-state index in [9.17, 15) is 4.79 Å². The van der Waals surface area contributed by atoms with E-state index in [1.54, 1.807) is 11.3 Å². The first-order chi connectivity index (χ1) is 10.2. The highest BCUT2D eigenvalue weighted by Crippen LogP contribution is 2.32. The molecule has 5 heteroatoms. The minimum absolute atomic E-state index is 0.0440. The molecular weight excluding hydrogens is 282 g/mol. The summed E-state index contributed by atoms with van der Waals surface area (Å²) in [4.78, 5) is 14.4. The standard InChI is InChI=1S/C16H21N3OS/c1-12-5-6-14(18(12)2)10-17-16(20)19-8-3-4-15(19)13-7-9-21-11-13/h5-7,9,11,15H,3-4,8,10H2,1-2H3,(H,17,20). The second-order valence-corrected chi connectivity index (χ2v) is 6.37. The van der Waals surface area contributed by atoms with Crippen LogP contribution in [0.3, 0.4) is 0 Å². The lowest BCUT2D eigenvalue weighted by Gasteiger charge is -2.24. The molecular formula is C16H21N3OS. The number of aryl methyl sites for hydroxylation is 1. The molecule has 21 heavy (non-hydrogen) atoms. The molecule has 1 aliphatic rings. The van der Waals surface area contributed by atoms with Crippen molar-refractivity contribution in [1.29, 1.82) is 0 Å². The van der Waals surface area contributed by atoms with E-state index >= 15 is 0 Å². The van der Waals surface area contributed by atoms with Crippen LogP contribution in [0.25, 0.3) is 0 Å². The summed E-state index contributed by atoms with van der Waals surface area (Å²) in [6.45, 7) is 3.49. The van der Waals surface area contributed by atoms with E-state index in [2.05, 4.69) is 45.8 Å². The summed E-state index contributed by atoms with van der Waals surface area (Å²) in [5, 5.41) is 7.29. The van der Waals surface area contributed by atoms with E-state index in [1.165, 1.54) is 11.3 Å². The number of thiophene rings is 1. The minimum atomic E-state index is 0.0440. The summed E-state index contributed by atoms with van der Waals surface area (Å²) in [5.41, 5.74) is 3.60. The normalized spacial score (nSPS) is 18.2. The van der Waals surface area contributed by atoms with E-state index in [-0.39, 0.29) is 12.1 Å². The van der Waals surface area contributed by atoms with Crippen LogP contribution in [0.1, 0.15) is 35.8 Å². The van der Waals surface area contributed by atoms with Crippen molar-refractivity contribution < 1.29 is 4.79 Å². The van der Waals surface area contributed by atoms with E-state index in [0.29, 0.717) is 6.54 Å². The zero-order chi connectivity index (χ0) is 14.8. The number of amides is 2. The molecule has 3 heterocycles. The van der Waals surface area contributed by atoms with E-state index in [4.69, 9.17) is 0 Å². The lowest BCUT2D eigenvalue weighted by molar-refractivity contribution is 0.192. The first-order valence-corrected chi connectivity index (χ1v) is 8.29. The largest absolute Gasteiger partial charge is 0.350 e. The van der Waals surface area contributed by atoms with E-state index in [1.807, 2.05) is 11.9 Å². The van der Waals surface area contributed by atoms with Gasteiger partial charge in [0, 0.05) is 25.0 Å². The molecule has 1 aliphatic heterocycles. The predicted molar refractivity (Wildman–Crippen MR) is 85.4 cm³/mol. The first kappa shape index (κ1) is 14.2. The number of nitrogens with zero attached hydrogens (tertiary/aromatic N) is 2. The third-order valence-electron chi connectivity index (χ3n) is 4.34. The summed E-state index contributed by atoms with van der Waals surface area (Å²) in [6, 6.07) is 6.55. The maximum atomic E-state index is 12.5. The summed E-state index contributed by atoms with van der Waals surface area (Å²) in [6.07, 6.45) is 2.14. The average molecular weight is 303 g/mol. The quantitative estimate of drug-likeness (QED) is 0.926. The summed E-state index contributed by atoms with van der Waals surface area (Å²) < 4.78 is 2.11. The van der Waals surface area contributed by atoms with Crippen molar-refractivity contribution in [3.63, 3.8) is 0 Å². The molecule has 2 aromatic rings. The van der Waals surface area contributed by atoms with Gasteiger partial charge in [-0.15, -0.1) is 0 Å². The molecule has 0 bridgehead atoms. The molecule has 4 nitrogen and oxygen atoms in total. The molecule has 0 spiro atoms. The number of hydrogen-bond donors (Lipinski definition) is 1. The van der Waals surface area contributed by atoms with Crippen molar-refractivity contribution in [1.82, 2.24) is 14.8 Å². The highest BCUT2D eigenvalue weighted by atomic mass is 32.1. The van der Waals surface area contributed by atoms with Crippen molar-refractivity contribution >= 4 is 17.4 Å². The van der Waals surface area contributed by atoms with Gasteiger partial charge < -0.3 is 14.8 Å². The van der Waals surface area contributed by atoms with Gasteiger partial charge in [-0.3, -0.25) is 0 Å². The Morgan fingerprint density at radius 3 is 2.95 bits per heavy atom. The Morgan fingerprint density at radius 1 is 1.43 bits per heavy atom. The van der Waals surface area contributed by atoms with Crippen molar-refractivity contribution in [2.45, 2.75) is 32.4 Å². The van der Waals surface area contributed by atoms with Crippen molar-refractivity contribution in [3.8, 4) is 0 Å². The van der Waals surface area contributed by atoms with Gasteiger partial charge >= 0.3 is 6.03 Å². The first-order valence-electron chi connectivity index (χ1n) is 7.34. The third kappa shape index (κ3) is 2.83. The molecule has 2 aromatic heterocycles. The number of urea groups is 1. The molecule has 2 amide bonds. The van der Waals surface area contributed by atoms with E-state index in [0.717, 1.165) is 25.1 Å². The molecule has 112 valence electrons. The molecule has 0 radical (unpaired) electrons. The van der Waals surface area contributed by atoms with Crippen LogP contribution in [0.4, 0.5) is 4.79 Å². The number of nitrogens with one attached hydrogen (secondary N) is 1. The lowest BCUT2D eigenvalue weighted by Crippen LogP contribution is -2.39. The molecule has 1 unspecified atom stereocenters. The average Bonchev–Trinajstić information content (AvgIpc) is 3.19. The van der Waals surface area contributed by atoms with Crippen LogP contribution >= 0.6 is 11.3 Å². The van der Waals surface area contributed by atoms with Crippen LogP contribution in [0.5, 0.6) is 0 Å². The Balaban J connectivity index is 1.63. The number of carbonyl (C=O) groups excluding carboxylic acids is 1. The number of rotatable bonds is 3. The Hall–Kier alpha value is -1.75. The highest BCUT2D eigenvalue weighted by molar-refractivity contribution is 7.07. The van der Waals surface area contributed by atoms with Gasteiger partial charge in [-0.2, -0.15) is 11.3 Å². The molecule has 0 aliphatic carbocycles. The fraction of sp³-hybridized carbons (Fsp3) is 0.438. The van der Waals surface area contributed by atoms with Crippen LogP contribution in [-0.2, 0) is 13.6 Å². The van der Waals surface area contributed by atoms with Gasteiger partial charge in [-0.25, -0.2) is 4.79 Å². The van der Waals surface area contributed by atoms with Crippen LogP contribution in [-0.4, -0.2) is 22.0 Å². The zero-order valence-electron chi connectivity index (χ0n) is 12.5. The van der Waals surface area contributed by atoms with Gasteiger partial charge in [0.1, 0.15) is 0 Å². The Bertz CT molecular complexity index is 618. The van der Waals surface area contributed by atoms with Gasteiger partial charge in [0.25, 0.3) is 0 Å². The lowest BCUT2D eigenvalue weighted by atomic mass is 10.1. The summed E-state index contributed by atoms with van der Waals surface area (Å²) >= 11 is 1.69. The van der Waals surface area contributed by atoms with Crippen LogP contribution in [0.15, 0.2) is 29.0 Å². The second-order valence-electron chi connectivity index (χ2n) is 5.59. The number of aromatic nitrogens is 1. The molecule has 1 fully saturated rings. The molecule has 0 aromatic carbocycles. The monoisotopic (exact) mass is 303 g/mol. The van der Waals surface area contributed by atoms with Gasteiger partial charge in [-0.05, 0) is 54.3 Å². The second kappa shape index (κ2) is 5.93. The molecule has 1 saturated heterocycles. The Kier molecular flexibility index (Phi) is 4.01.